The molecule has 0 fully saturated rings. The number of hydrogen-bond donors (Lipinski definition) is 1. The van der Waals surface area contributed by atoms with Gasteiger partial charge >= 0.3 is 0 Å². The van der Waals surface area contributed by atoms with Crippen LogP contribution in [0, 0.1) is 0 Å². The third-order valence-electron chi connectivity index (χ3n) is 5.71. The molecule has 0 aliphatic rings. The Labute approximate surface area is 213 Å². The first-order valence-electron chi connectivity index (χ1n) is 12.0. The lowest BCUT2D eigenvalue weighted by Crippen LogP contribution is -2.51. The number of methoxy groups -OCH3 is 2. The number of nitrogens with one attached hydrogen (secondary N) is 1. The molecule has 0 saturated carbocycles. The average Bonchev–Trinajstić information content (AvgIpc) is 2.93. The van der Waals surface area contributed by atoms with Crippen LogP contribution in [0.5, 0.6) is 11.5 Å². The third-order valence-corrected chi connectivity index (χ3v) is 5.71. The molecule has 1 atom stereocenters. The Bertz CT molecular complexity index is 1060. The Morgan fingerprint density at radius 3 is 2.14 bits per heavy atom. The molecule has 1 N–H and O–H groups in total. The van der Waals surface area contributed by atoms with Crippen molar-refractivity contribution in [2.24, 2.45) is 0 Å². The maximum absolute atomic E-state index is 13.5. The van der Waals surface area contributed by atoms with E-state index in [1.807, 2.05) is 72.8 Å². The maximum Gasteiger partial charge on any atom is 0.261 e. The molecular formula is C29H34N2O5. The summed E-state index contributed by atoms with van der Waals surface area (Å²) in [6, 6.07) is 25.6. The van der Waals surface area contributed by atoms with Gasteiger partial charge in [0.15, 0.2) is 6.61 Å². The average molecular weight is 491 g/mol. The number of carbonyl (C=O) groups is 2. The normalized spacial score (nSPS) is 11.4. The van der Waals surface area contributed by atoms with Crippen LogP contribution in [0.4, 0.5) is 0 Å². The summed E-state index contributed by atoms with van der Waals surface area (Å²) >= 11 is 0. The van der Waals surface area contributed by atoms with E-state index < -0.39 is 6.04 Å². The predicted octanol–water partition coefficient (Wildman–Crippen LogP) is 3.87. The predicted molar refractivity (Wildman–Crippen MR) is 139 cm³/mol. The van der Waals surface area contributed by atoms with Crippen LogP contribution in [0.1, 0.15) is 17.5 Å². The smallest absolute Gasteiger partial charge is 0.261 e. The van der Waals surface area contributed by atoms with E-state index in [9.17, 15) is 9.59 Å². The zero-order chi connectivity index (χ0) is 25.6. The third kappa shape index (κ3) is 8.43. The molecule has 7 nitrogen and oxygen atoms in total. The first-order valence-corrected chi connectivity index (χ1v) is 12.0. The van der Waals surface area contributed by atoms with Crippen LogP contribution in [0.3, 0.4) is 0 Å². The molecule has 0 bridgehead atoms. The summed E-state index contributed by atoms with van der Waals surface area (Å²) in [4.78, 5) is 28.5. The quantitative estimate of drug-likeness (QED) is 0.347. The van der Waals surface area contributed by atoms with E-state index in [2.05, 4.69) is 5.32 Å². The van der Waals surface area contributed by atoms with Gasteiger partial charge in [0.05, 0.1) is 7.11 Å². The van der Waals surface area contributed by atoms with Crippen LogP contribution in [0.25, 0.3) is 0 Å². The summed E-state index contributed by atoms with van der Waals surface area (Å²) in [5.74, 6) is 0.832. The molecule has 0 spiro atoms. The standard InChI is InChI=1S/C29H34N2O5/c1-34-19-9-18-30-29(33)27(20-23-10-5-3-6-11-23)31(21-24-14-16-25(35-2)17-15-24)28(32)22-36-26-12-7-4-8-13-26/h3-8,10-17,27H,9,18-22H2,1-2H3,(H,30,33)/t27-/m0/s1. The fourth-order valence-electron chi connectivity index (χ4n) is 3.77. The lowest BCUT2D eigenvalue weighted by atomic mass is 10.0. The molecule has 0 unspecified atom stereocenters. The number of amides is 2. The van der Waals surface area contributed by atoms with E-state index in [1.165, 1.54) is 0 Å². The van der Waals surface area contributed by atoms with Crippen molar-refractivity contribution in [3.8, 4) is 11.5 Å². The fourth-order valence-corrected chi connectivity index (χ4v) is 3.77. The van der Waals surface area contributed by atoms with Crippen LogP contribution >= 0.6 is 0 Å². The minimum atomic E-state index is -0.719. The number of para-hydroxylation sites is 1. The van der Waals surface area contributed by atoms with Crippen LogP contribution in [0.15, 0.2) is 84.9 Å². The van der Waals surface area contributed by atoms with Gasteiger partial charge in [-0.1, -0.05) is 60.7 Å². The van der Waals surface area contributed by atoms with Gasteiger partial charge in [-0.15, -0.1) is 0 Å². The monoisotopic (exact) mass is 490 g/mol. The van der Waals surface area contributed by atoms with Crippen LogP contribution in [-0.2, 0) is 27.3 Å². The number of hydrogen-bond acceptors (Lipinski definition) is 5. The molecular weight excluding hydrogens is 456 g/mol. The van der Waals surface area contributed by atoms with Crippen molar-refractivity contribution < 1.29 is 23.8 Å². The van der Waals surface area contributed by atoms with Crippen molar-refractivity contribution in [3.63, 3.8) is 0 Å². The molecule has 3 rings (SSSR count). The molecule has 190 valence electrons. The topological polar surface area (TPSA) is 77.1 Å². The SMILES string of the molecule is COCCCNC(=O)[C@H](Cc1ccccc1)N(Cc1ccc(OC)cc1)C(=O)COc1ccccc1. The molecule has 0 aliphatic carbocycles. The van der Waals surface area contributed by atoms with Crippen LogP contribution < -0.4 is 14.8 Å². The zero-order valence-electron chi connectivity index (χ0n) is 20.9. The highest BCUT2D eigenvalue weighted by atomic mass is 16.5. The Hall–Kier alpha value is -3.84. The summed E-state index contributed by atoms with van der Waals surface area (Å²) in [5.41, 5.74) is 1.85. The second-order valence-corrected chi connectivity index (χ2v) is 8.31. The van der Waals surface area contributed by atoms with Gasteiger partial charge in [0.25, 0.3) is 5.91 Å². The van der Waals surface area contributed by atoms with E-state index in [0.717, 1.165) is 16.9 Å². The molecule has 36 heavy (non-hydrogen) atoms. The Kier molecular flexibility index (Phi) is 10.8. The zero-order valence-corrected chi connectivity index (χ0v) is 20.9. The van der Waals surface area contributed by atoms with Crippen LogP contribution in [-0.4, -0.2) is 56.7 Å². The summed E-state index contributed by atoms with van der Waals surface area (Å²) in [6.07, 6.45) is 1.06. The molecule has 0 heterocycles. The molecule has 7 heteroatoms. The Morgan fingerprint density at radius 1 is 0.833 bits per heavy atom. The Morgan fingerprint density at radius 2 is 1.50 bits per heavy atom. The number of rotatable bonds is 14. The highest BCUT2D eigenvalue weighted by Crippen LogP contribution is 2.18. The van der Waals surface area contributed by atoms with Crippen molar-refractivity contribution in [2.45, 2.75) is 25.4 Å². The molecule has 0 radical (unpaired) electrons. The summed E-state index contributed by atoms with van der Waals surface area (Å²) < 4.78 is 16.1. The number of ether oxygens (including phenoxy) is 3. The molecule has 3 aromatic carbocycles. The minimum absolute atomic E-state index is 0.178. The maximum atomic E-state index is 13.5. The van der Waals surface area contributed by atoms with Crippen molar-refractivity contribution in [2.75, 3.05) is 34.0 Å². The highest BCUT2D eigenvalue weighted by Gasteiger charge is 2.30. The van der Waals surface area contributed by atoms with Gasteiger partial charge in [0.1, 0.15) is 17.5 Å². The van der Waals surface area contributed by atoms with Gasteiger partial charge in [-0.25, -0.2) is 0 Å². The van der Waals surface area contributed by atoms with Crippen molar-refractivity contribution in [3.05, 3.63) is 96.1 Å². The first-order chi connectivity index (χ1) is 17.6. The first kappa shape index (κ1) is 26.8. The summed E-state index contributed by atoms with van der Waals surface area (Å²) in [5, 5.41) is 2.98. The van der Waals surface area contributed by atoms with Gasteiger partial charge in [-0.05, 0) is 41.8 Å². The number of benzene rings is 3. The van der Waals surface area contributed by atoms with Gasteiger partial charge in [-0.2, -0.15) is 0 Å². The van der Waals surface area contributed by atoms with Crippen molar-refractivity contribution in [1.82, 2.24) is 10.2 Å². The summed E-state index contributed by atoms with van der Waals surface area (Å²) in [7, 11) is 3.23. The van der Waals surface area contributed by atoms with E-state index in [-0.39, 0.29) is 25.0 Å². The fraction of sp³-hybridized carbons (Fsp3) is 0.310. The second-order valence-electron chi connectivity index (χ2n) is 8.31. The lowest BCUT2D eigenvalue weighted by Gasteiger charge is -2.31. The van der Waals surface area contributed by atoms with Gasteiger partial charge in [0, 0.05) is 33.2 Å². The van der Waals surface area contributed by atoms with Crippen molar-refractivity contribution in [1.29, 1.82) is 0 Å². The van der Waals surface area contributed by atoms with E-state index in [1.54, 1.807) is 31.3 Å². The van der Waals surface area contributed by atoms with Crippen molar-refractivity contribution >= 4 is 11.8 Å². The van der Waals surface area contributed by atoms with E-state index in [4.69, 9.17) is 14.2 Å². The van der Waals surface area contributed by atoms with Gasteiger partial charge < -0.3 is 24.4 Å². The van der Waals surface area contributed by atoms with Gasteiger partial charge in [-0.3, -0.25) is 9.59 Å². The summed E-state index contributed by atoms with van der Waals surface area (Å²) in [6.45, 7) is 1.08. The lowest BCUT2D eigenvalue weighted by molar-refractivity contribution is -0.142. The number of carbonyl (C=O) groups excluding carboxylic acids is 2. The van der Waals surface area contributed by atoms with Crippen LogP contribution in [0.2, 0.25) is 0 Å². The van der Waals surface area contributed by atoms with Gasteiger partial charge in [0.2, 0.25) is 5.91 Å². The molecule has 3 aromatic rings. The Balaban J connectivity index is 1.86. The second kappa shape index (κ2) is 14.5. The highest BCUT2D eigenvalue weighted by molar-refractivity contribution is 5.88. The molecule has 0 aliphatic heterocycles. The molecule has 0 saturated heterocycles. The number of nitrogens with zero attached hydrogens (tertiary/aromatic N) is 1. The van der Waals surface area contributed by atoms with E-state index in [0.29, 0.717) is 31.7 Å². The minimum Gasteiger partial charge on any atom is -0.497 e. The molecule has 0 aromatic heterocycles. The van der Waals surface area contributed by atoms with E-state index >= 15 is 0 Å². The molecule has 2 amide bonds. The largest absolute Gasteiger partial charge is 0.497 e.